The van der Waals surface area contributed by atoms with Crippen LogP contribution in [0.15, 0.2) is 18.2 Å². The molecule has 0 bridgehead atoms. The van der Waals surface area contributed by atoms with Crippen LogP contribution in [0.2, 0.25) is 0 Å². The van der Waals surface area contributed by atoms with Gasteiger partial charge in [-0.25, -0.2) is 8.78 Å². The maximum absolute atomic E-state index is 14.1. The van der Waals surface area contributed by atoms with Crippen molar-refractivity contribution >= 4 is 11.9 Å². The average Bonchev–Trinajstić information content (AvgIpc) is 2.62. The van der Waals surface area contributed by atoms with E-state index in [4.69, 9.17) is 14.2 Å². The molecule has 3 atom stereocenters. The smallest absolute Gasteiger partial charge is 0.309 e. The van der Waals surface area contributed by atoms with Crippen LogP contribution in [0.5, 0.6) is 5.75 Å². The highest BCUT2D eigenvalue weighted by Crippen LogP contribution is 2.27. The predicted octanol–water partition coefficient (Wildman–Crippen LogP) is 5.45. The van der Waals surface area contributed by atoms with Gasteiger partial charge in [0.05, 0.1) is 12.3 Å². The van der Waals surface area contributed by atoms with Crippen molar-refractivity contribution in [3.8, 4) is 5.75 Å². The van der Waals surface area contributed by atoms with Gasteiger partial charge in [-0.3, -0.25) is 9.59 Å². The van der Waals surface area contributed by atoms with Crippen LogP contribution in [0.1, 0.15) is 67.7 Å². The summed E-state index contributed by atoms with van der Waals surface area (Å²) < 4.78 is 44.2. The van der Waals surface area contributed by atoms with E-state index in [2.05, 4.69) is 0 Å². The normalized spacial score (nSPS) is 14.7. The van der Waals surface area contributed by atoms with Crippen LogP contribution in [-0.2, 0) is 19.1 Å². The third-order valence-corrected chi connectivity index (χ3v) is 4.73. The second-order valence-electron chi connectivity index (χ2n) is 8.57. The van der Waals surface area contributed by atoms with Gasteiger partial charge in [0.2, 0.25) is 0 Å². The third-order valence-electron chi connectivity index (χ3n) is 4.73. The molecule has 1 rings (SSSR count). The Morgan fingerprint density at radius 2 is 1.67 bits per heavy atom. The number of benzene rings is 1. The Balaban J connectivity index is 2.88. The molecule has 0 aliphatic carbocycles. The van der Waals surface area contributed by atoms with Gasteiger partial charge in [0.1, 0.15) is 23.6 Å². The Morgan fingerprint density at radius 1 is 1.07 bits per heavy atom. The predicted molar refractivity (Wildman–Crippen MR) is 110 cm³/mol. The number of halogens is 2. The number of esters is 2. The molecule has 1 aromatic carbocycles. The quantitative estimate of drug-likeness (QED) is 0.464. The fraction of sp³-hybridized carbons (Fsp3) is 0.652. The fourth-order valence-corrected chi connectivity index (χ4v) is 3.13. The first kappa shape index (κ1) is 25.9. The maximum Gasteiger partial charge on any atom is 0.309 e. The van der Waals surface area contributed by atoms with Crippen molar-refractivity contribution in [1.82, 2.24) is 0 Å². The lowest BCUT2D eigenvalue weighted by Gasteiger charge is -2.31. The first-order valence-corrected chi connectivity index (χ1v) is 10.4. The number of carbonyl (C=O) groups is 2. The van der Waals surface area contributed by atoms with E-state index in [1.165, 1.54) is 0 Å². The first-order valence-electron chi connectivity index (χ1n) is 10.4. The van der Waals surface area contributed by atoms with E-state index in [-0.39, 0.29) is 18.1 Å². The largest absolute Gasteiger partial charge is 0.483 e. The zero-order chi connectivity index (χ0) is 23.1. The summed E-state index contributed by atoms with van der Waals surface area (Å²) in [5, 5.41) is 0. The Labute approximate surface area is 178 Å². The minimum Gasteiger partial charge on any atom is -0.483 e. The minimum absolute atomic E-state index is 0.0448. The summed E-state index contributed by atoms with van der Waals surface area (Å²) in [5.41, 5.74) is -0.641. The van der Waals surface area contributed by atoms with Crippen LogP contribution in [0.25, 0.3) is 0 Å². The van der Waals surface area contributed by atoms with Crippen molar-refractivity contribution < 1.29 is 32.6 Å². The molecule has 0 saturated carbocycles. The van der Waals surface area contributed by atoms with E-state index >= 15 is 0 Å². The lowest BCUT2D eigenvalue weighted by atomic mass is 9.93. The lowest BCUT2D eigenvalue weighted by Crippen LogP contribution is -2.40. The minimum atomic E-state index is -0.730. The van der Waals surface area contributed by atoms with Crippen molar-refractivity contribution in [1.29, 1.82) is 0 Å². The van der Waals surface area contributed by atoms with Gasteiger partial charge >= 0.3 is 11.9 Å². The highest BCUT2D eigenvalue weighted by atomic mass is 19.1. The van der Waals surface area contributed by atoms with E-state index in [0.717, 1.165) is 18.2 Å². The summed E-state index contributed by atoms with van der Waals surface area (Å²) in [6.45, 7) is 12.4. The van der Waals surface area contributed by atoms with Gasteiger partial charge in [-0.1, -0.05) is 20.8 Å². The number of hydrogen-bond acceptors (Lipinski definition) is 5. The van der Waals surface area contributed by atoms with Gasteiger partial charge in [-0.15, -0.1) is 0 Å². The van der Waals surface area contributed by atoms with Gasteiger partial charge < -0.3 is 14.2 Å². The Kier molecular flexibility index (Phi) is 9.72. The number of hydrogen-bond donors (Lipinski definition) is 0. The van der Waals surface area contributed by atoms with E-state index in [1.54, 1.807) is 34.6 Å². The number of ether oxygens (including phenoxy) is 3. The monoisotopic (exact) mass is 428 g/mol. The summed E-state index contributed by atoms with van der Waals surface area (Å²) >= 11 is 0. The van der Waals surface area contributed by atoms with Crippen molar-refractivity contribution in [3.63, 3.8) is 0 Å². The Bertz CT molecular complexity index is 710. The van der Waals surface area contributed by atoms with Crippen LogP contribution in [0, 0.1) is 23.5 Å². The van der Waals surface area contributed by atoms with Crippen LogP contribution in [0.3, 0.4) is 0 Å². The summed E-state index contributed by atoms with van der Waals surface area (Å²) in [4.78, 5) is 24.5. The van der Waals surface area contributed by atoms with Crippen LogP contribution >= 0.6 is 0 Å². The molecule has 0 saturated heterocycles. The second-order valence-corrected chi connectivity index (χ2v) is 8.57. The molecule has 0 N–H and O–H groups in total. The van der Waals surface area contributed by atoms with Crippen LogP contribution in [-0.4, -0.2) is 29.7 Å². The summed E-state index contributed by atoms with van der Waals surface area (Å²) in [6.07, 6.45) is -0.112. The fourth-order valence-electron chi connectivity index (χ4n) is 3.13. The number of rotatable bonds is 10. The standard InChI is InChI=1S/C23H34F2O5/c1-8-16(9-2)21(29-19-13-17(24)10-11-18(19)25)15(4)28-22(27)14(3)12-20(26)30-23(5,6)7/h10-11,13-16,21H,8-9,12H2,1-7H3/t14-,15+,21-/m1/s1. The molecule has 0 amide bonds. The molecule has 0 spiro atoms. The molecule has 7 heteroatoms. The van der Waals surface area contributed by atoms with E-state index in [1.807, 2.05) is 13.8 Å². The van der Waals surface area contributed by atoms with Gasteiger partial charge in [-0.05, 0) is 58.6 Å². The first-order chi connectivity index (χ1) is 13.9. The van der Waals surface area contributed by atoms with Gasteiger partial charge in [-0.2, -0.15) is 0 Å². The van der Waals surface area contributed by atoms with Crippen molar-refractivity contribution in [2.45, 2.75) is 85.5 Å². The molecule has 5 nitrogen and oxygen atoms in total. The van der Waals surface area contributed by atoms with Crippen molar-refractivity contribution in [2.75, 3.05) is 0 Å². The third kappa shape index (κ3) is 8.28. The number of carbonyl (C=O) groups excluding carboxylic acids is 2. The summed E-state index contributed by atoms with van der Waals surface area (Å²) in [6, 6.07) is 2.98. The zero-order valence-electron chi connectivity index (χ0n) is 19.0. The van der Waals surface area contributed by atoms with E-state index in [0.29, 0.717) is 12.8 Å². The molecule has 0 unspecified atom stereocenters. The van der Waals surface area contributed by atoms with Crippen molar-refractivity contribution in [3.05, 3.63) is 29.8 Å². The summed E-state index contributed by atoms with van der Waals surface area (Å²) in [7, 11) is 0. The molecule has 0 aliphatic heterocycles. The van der Waals surface area contributed by atoms with E-state index in [9.17, 15) is 18.4 Å². The zero-order valence-corrected chi connectivity index (χ0v) is 19.0. The Morgan fingerprint density at radius 3 is 2.20 bits per heavy atom. The van der Waals surface area contributed by atoms with Gasteiger partial charge in [0.25, 0.3) is 0 Å². The SMILES string of the molecule is CCC(CC)[C@H](Oc1cc(F)ccc1F)[C@H](C)OC(=O)[C@H](C)CC(=O)OC(C)(C)C. The molecule has 0 heterocycles. The highest BCUT2D eigenvalue weighted by molar-refractivity contribution is 5.79. The summed E-state index contributed by atoms with van der Waals surface area (Å²) in [5.74, 6) is -3.36. The van der Waals surface area contributed by atoms with Crippen molar-refractivity contribution in [2.24, 2.45) is 11.8 Å². The molecule has 0 fully saturated rings. The van der Waals surface area contributed by atoms with Gasteiger partial charge in [0, 0.05) is 6.07 Å². The molecule has 1 aromatic rings. The average molecular weight is 429 g/mol. The molecule has 0 radical (unpaired) electrons. The van der Waals surface area contributed by atoms with Crippen LogP contribution in [0.4, 0.5) is 8.78 Å². The van der Waals surface area contributed by atoms with E-state index < -0.39 is 47.3 Å². The molecule has 0 aliphatic rings. The highest BCUT2D eigenvalue weighted by Gasteiger charge is 2.32. The molecular weight excluding hydrogens is 394 g/mol. The lowest BCUT2D eigenvalue weighted by molar-refractivity contribution is -0.166. The molecule has 0 aromatic heterocycles. The topological polar surface area (TPSA) is 61.8 Å². The Hall–Kier alpha value is -2.18. The molecular formula is C23H34F2O5. The molecule has 170 valence electrons. The molecule has 30 heavy (non-hydrogen) atoms. The van der Waals surface area contributed by atoms with Gasteiger partial charge in [0.15, 0.2) is 11.6 Å². The second kappa shape index (κ2) is 11.3. The maximum atomic E-state index is 14.1. The van der Waals surface area contributed by atoms with Crippen LogP contribution < -0.4 is 4.74 Å².